The Hall–Kier alpha value is -2.97. The van der Waals surface area contributed by atoms with E-state index in [9.17, 15) is 24.5 Å². The van der Waals surface area contributed by atoms with Crippen LogP contribution in [0.1, 0.15) is 34.7 Å². The predicted octanol–water partition coefficient (Wildman–Crippen LogP) is 1.33. The minimum atomic E-state index is -1.59. The number of carboxylic acid groups (broad SMARTS) is 3. The molecule has 21 heavy (non-hydrogen) atoms. The van der Waals surface area contributed by atoms with E-state index in [1.165, 1.54) is 0 Å². The van der Waals surface area contributed by atoms with Gasteiger partial charge in [0, 0.05) is 12.5 Å². The number of aliphatic carboxylic acids is 2. The first-order valence-electron chi connectivity index (χ1n) is 5.71. The third kappa shape index (κ3) is 3.75. The van der Waals surface area contributed by atoms with Crippen LogP contribution in [-0.2, 0) is 9.59 Å². The van der Waals surface area contributed by atoms with Gasteiger partial charge in [-0.05, 0) is 12.5 Å². The number of rotatable bonds is 7. The molecule has 1 atom stereocenters. The molecule has 0 aliphatic heterocycles. The largest absolute Gasteiger partial charge is 0.481 e. The van der Waals surface area contributed by atoms with Crippen LogP contribution in [0.25, 0.3) is 0 Å². The zero-order valence-electron chi connectivity index (χ0n) is 10.6. The molecular weight excluding hydrogens is 286 g/mol. The summed E-state index contributed by atoms with van der Waals surface area (Å²) in [5.41, 5.74) is -1.68. The SMILES string of the molecule is O=C(O)CCC(C(=O)O)c1c(C(=O)O)cccc1[N+](=O)[O-]. The topological polar surface area (TPSA) is 155 Å². The number of nitrogens with zero attached hydrogens (tertiary/aromatic N) is 1. The van der Waals surface area contributed by atoms with Gasteiger partial charge in [-0.25, -0.2) is 4.79 Å². The van der Waals surface area contributed by atoms with Crippen LogP contribution in [-0.4, -0.2) is 38.2 Å². The van der Waals surface area contributed by atoms with E-state index in [1.54, 1.807) is 0 Å². The zero-order valence-corrected chi connectivity index (χ0v) is 10.6. The molecular formula is C12H11NO8. The standard InChI is InChI=1S/C12H11NO8/c14-9(15)5-4-7(12(18)19)10-6(11(16)17)2-1-3-8(10)13(20)21/h1-3,7H,4-5H2,(H,14,15)(H,16,17)(H,18,19). The number of nitro groups is 1. The van der Waals surface area contributed by atoms with Gasteiger partial charge in [-0.2, -0.15) is 0 Å². The van der Waals surface area contributed by atoms with Crippen molar-refractivity contribution in [2.24, 2.45) is 0 Å². The first-order chi connectivity index (χ1) is 9.75. The van der Waals surface area contributed by atoms with E-state index in [1.807, 2.05) is 0 Å². The molecule has 0 bridgehead atoms. The fraction of sp³-hybridized carbons (Fsp3) is 0.250. The normalized spacial score (nSPS) is 11.6. The monoisotopic (exact) mass is 297 g/mol. The molecule has 0 spiro atoms. The molecule has 0 saturated heterocycles. The fourth-order valence-corrected chi connectivity index (χ4v) is 1.92. The number of nitro benzene ring substituents is 1. The number of aromatic carboxylic acids is 1. The van der Waals surface area contributed by atoms with Gasteiger partial charge in [0.1, 0.15) is 0 Å². The highest BCUT2D eigenvalue weighted by molar-refractivity contribution is 5.94. The molecule has 1 aromatic rings. The molecule has 9 nitrogen and oxygen atoms in total. The summed E-state index contributed by atoms with van der Waals surface area (Å²) in [6.45, 7) is 0. The second-order valence-electron chi connectivity index (χ2n) is 4.12. The van der Waals surface area contributed by atoms with E-state index in [-0.39, 0.29) is 0 Å². The number of carbonyl (C=O) groups is 3. The summed E-state index contributed by atoms with van der Waals surface area (Å²) in [4.78, 5) is 43.0. The highest BCUT2D eigenvalue weighted by Crippen LogP contribution is 2.33. The van der Waals surface area contributed by atoms with Gasteiger partial charge < -0.3 is 15.3 Å². The minimum absolute atomic E-state index is 0.449. The van der Waals surface area contributed by atoms with E-state index in [4.69, 9.17) is 15.3 Å². The molecule has 1 unspecified atom stereocenters. The van der Waals surface area contributed by atoms with Crippen LogP contribution in [0.4, 0.5) is 5.69 Å². The number of hydrogen-bond donors (Lipinski definition) is 3. The maximum Gasteiger partial charge on any atom is 0.336 e. The lowest BCUT2D eigenvalue weighted by Crippen LogP contribution is -2.18. The Labute approximate surface area is 117 Å². The summed E-state index contributed by atoms with van der Waals surface area (Å²) in [6.07, 6.45) is -1.00. The minimum Gasteiger partial charge on any atom is -0.481 e. The molecule has 0 fully saturated rings. The lowest BCUT2D eigenvalue weighted by atomic mass is 9.89. The van der Waals surface area contributed by atoms with Gasteiger partial charge in [0.25, 0.3) is 5.69 Å². The molecule has 1 rings (SSSR count). The van der Waals surface area contributed by atoms with Crippen molar-refractivity contribution in [3.05, 3.63) is 39.4 Å². The summed E-state index contributed by atoms with van der Waals surface area (Å²) < 4.78 is 0. The molecule has 112 valence electrons. The van der Waals surface area contributed by atoms with Crippen LogP contribution in [0.2, 0.25) is 0 Å². The second kappa shape index (κ2) is 6.46. The van der Waals surface area contributed by atoms with Gasteiger partial charge in [-0.3, -0.25) is 19.7 Å². The van der Waals surface area contributed by atoms with Crippen molar-refractivity contribution >= 4 is 23.6 Å². The van der Waals surface area contributed by atoms with Gasteiger partial charge in [0.05, 0.1) is 22.0 Å². The maximum absolute atomic E-state index is 11.3. The maximum atomic E-state index is 11.3. The fourth-order valence-electron chi connectivity index (χ4n) is 1.92. The van der Waals surface area contributed by atoms with E-state index in [0.29, 0.717) is 0 Å². The lowest BCUT2D eigenvalue weighted by molar-refractivity contribution is -0.385. The van der Waals surface area contributed by atoms with Crippen molar-refractivity contribution < 1.29 is 34.6 Å². The van der Waals surface area contributed by atoms with Crippen LogP contribution >= 0.6 is 0 Å². The Balaban J connectivity index is 3.46. The lowest BCUT2D eigenvalue weighted by Gasteiger charge is -2.14. The molecule has 0 radical (unpaired) electrons. The Kier molecular flexibility index (Phi) is 4.95. The van der Waals surface area contributed by atoms with E-state index < -0.39 is 58.4 Å². The summed E-state index contributed by atoms with van der Waals surface area (Å²) >= 11 is 0. The molecule has 0 heterocycles. The predicted molar refractivity (Wildman–Crippen MR) is 67.3 cm³/mol. The Morgan fingerprint density at radius 2 is 1.81 bits per heavy atom. The zero-order chi connectivity index (χ0) is 16.2. The van der Waals surface area contributed by atoms with Gasteiger partial charge in [0.2, 0.25) is 0 Å². The molecule has 1 aromatic carbocycles. The third-order valence-corrected chi connectivity index (χ3v) is 2.80. The van der Waals surface area contributed by atoms with Crippen molar-refractivity contribution in [1.29, 1.82) is 0 Å². The summed E-state index contributed by atoms with van der Waals surface area (Å²) in [5, 5.41) is 37.8. The Morgan fingerprint density at radius 3 is 2.24 bits per heavy atom. The Morgan fingerprint density at radius 1 is 1.19 bits per heavy atom. The highest BCUT2D eigenvalue weighted by atomic mass is 16.6. The van der Waals surface area contributed by atoms with Crippen molar-refractivity contribution in [3.8, 4) is 0 Å². The van der Waals surface area contributed by atoms with Crippen LogP contribution in [0.5, 0.6) is 0 Å². The number of benzene rings is 1. The van der Waals surface area contributed by atoms with Crippen LogP contribution in [0.3, 0.4) is 0 Å². The summed E-state index contributed by atoms with van der Waals surface area (Å²) in [6, 6.07) is 3.15. The van der Waals surface area contributed by atoms with Gasteiger partial charge in [0.15, 0.2) is 0 Å². The van der Waals surface area contributed by atoms with Gasteiger partial charge in [-0.15, -0.1) is 0 Å². The molecule has 9 heteroatoms. The van der Waals surface area contributed by atoms with E-state index >= 15 is 0 Å². The van der Waals surface area contributed by atoms with Crippen LogP contribution in [0, 0.1) is 10.1 Å². The van der Waals surface area contributed by atoms with Crippen molar-refractivity contribution in [2.75, 3.05) is 0 Å². The van der Waals surface area contributed by atoms with Gasteiger partial charge in [-0.1, -0.05) is 6.07 Å². The molecule has 0 aliphatic rings. The average Bonchev–Trinajstić information content (AvgIpc) is 2.37. The molecule has 0 aliphatic carbocycles. The molecule has 3 N–H and O–H groups in total. The first-order valence-corrected chi connectivity index (χ1v) is 5.71. The van der Waals surface area contributed by atoms with Crippen LogP contribution in [0.15, 0.2) is 18.2 Å². The third-order valence-electron chi connectivity index (χ3n) is 2.80. The molecule has 0 amide bonds. The van der Waals surface area contributed by atoms with Gasteiger partial charge >= 0.3 is 17.9 Å². The Bertz CT molecular complexity index is 577. The van der Waals surface area contributed by atoms with Crippen molar-refractivity contribution in [3.63, 3.8) is 0 Å². The average molecular weight is 297 g/mol. The smallest absolute Gasteiger partial charge is 0.336 e. The number of carboxylic acids is 3. The van der Waals surface area contributed by atoms with Crippen molar-refractivity contribution in [2.45, 2.75) is 18.8 Å². The van der Waals surface area contributed by atoms with E-state index in [0.717, 1.165) is 18.2 Å². The quantitative estimate of drug-likeness (QED) is 0.502. The second-order valence-corrected chi connectivity index (χ2v) is 4.12. The van der Waals surface area contributed by atoms with Crippen LogP contribution < -0.4 is 0 Å². The van der Waals surface area contributed by atoms with E-state index in [2.05, 4.69) is 0 Å². The highest BCUT2D eigenvalue weighted by Gasteiger charge is 2.32. The molecule has 0 saturated carbocycles. The summed E-state index contributed by atoms with van der Waals surface area (Å²) in [5.74, 6) is -5.91. The van der Waals surface area contributed by atoms with Crippen molar-refractivity contribution in [1.82, 2.24) is 0 Å². The number of hydrogen-bond acceptors (Lipinski definition) is 5. The summed E-state index contributed by atoms with van der Waals surface area (Å²) in [7, 11) is 0. The first kappa shape index (κ1) is 16.1. The molecule has 0 aromatic heterocycles.